The number of amides is 2. The first-order valence-corrected chi connectivity index (χ1v) is 14.4. The van der Waals surface area contributed by atoms with Gasteiger partial charge >= 0.3 is 0 Å². The Morgan fingerprint density at radius 1 is 0.923 bits per heavy atom. The van der Waals surface area contributed by atoms with Gasteiger partial charge in [-0.2, -0.15) is 0 Å². The van der Waals surface area contributed by atoms with Gasteiger partial charge in [-0.3, -0.25) is 13.9 Å². The van der Waals surface area contributed by atoms with Crippen molar-refractivity contribution in [3.63, 3.8) is 0 Å². The van der Waals surface area contributed by atoms with E-state index in [4.69, 9.17) is 0 Å². The summed E-state index contributed by atoms with van der Waals surface area (Å²) in [5.74, 6) is -2.92. The quantitative estimate of drug-likeness (QED) is 0.362. The average molecular weight is 558 g/mol. The minimum absolute atomic E-state index is 0.0346. The monoisotopic (exact) mass is 557 g/mol. The highest BCUT2D eigenvalue weighted by Gasteiger charge is 2.30. The van der Waals surface area contributed by atoms with Crippen molar-refractivity contribution in [1.82, 2.24) is 10.2 Å². The van der Waals surface area contributed by atoms with E-state index in [1.165, 1.54) is 18.0 Å². The summed E-state index contributed by atoms with van der Waals surface area (Å²) in [7, 11) is -2.32. The maximum absolute atomic E-state index is 13.8. The number of anilines is 1. The lowest BCUT2D eigenvalue weighted by Gasteiger charge is -2.31. The Bertz CT molecular complexity index is 1380. The summed E-state index contributed by atoms with van der Waals surface area (Å²) in [5.41, 5.74) is 2.75. The van der Waals surface area contributed by atoms with Crippen LogP contribution in [0.2, 0.25) is 0 Å². The Morgan fingerprint density at radius 2 is 1.59 bits per heavy atom. The standard InChI is InChI=1S/C29H33F2N3O4S/c1-21-11-13-23(14-12-21)20-33(27(29(36)32-2)18-22-8-5-4-6-9-22)28(35)10-7-17-34(39(3,37)38)24-15-16-25(30)26(31)19-24/h4-6,8-9,11-16,19,27H,7,10,17-18,20H2,1-3H3,(H,32,36)/t27-/m0/s1. The zero-order chi connectivity index (χ0) is 28.6. The van der Waals surface area contributed by atoms with E-state index in [9.17, 15) is 26.8 Å². The molecular weight excluding hydrogens is 524 g/mol. The summed E-state index contributed by atoms with van der Waals surface area (Å²) in [6, 6.07) is 19.0. The summed E-state index contributed by atoms with van der Waals surface area (Å²) in [6.45, 7) is 2.01. The molecule has 0 fully saturated rings. The van der Waals surface area contributed by atoms with Crippen LogP contribution in [0.4, 0.5) is 14.5 Å². The first-order valence-electron chi connectivity index (χ1n) is 12.5. The second kappa shape index (κ2) is 13.3. The van der Waals surface area contributed by atoms with E-state index in [1.807, 2.05) is 61.5 Å². The van der Waals surface area contributed by atoms with Crippen molar-refractivity contribution < 1.29 is 26.8 Å². The number of carbonyl (C=O) groups is 2. The molecule has 0 radical (unpaired) electrons. The number of rotatable bonds is 12. The summed E-state index contributed by atoms with van der Waals surface area (Å²) in [5, 5.41) is 2.65. The van der Waals surface area contributed by atoms with E-state index < -0.39 is 27.7 Å². The predicted molar refractivity (Wildman–Crippen MR) is 148 cm³/mol. The molecule has 0 aromatic heterocycles. The molecule has 3 aromatic carbocycles. The Balaban J connectivity index is 1.84. The van der Waals surface area contributed by atoms with Gasteiger partial charge in [-0.15, -0.1) is 0 Å². The minimum Gasteiger partial charge on any atom is -0.357 e. The zero-order valence-corrected chi connectivity index (χ0v) is 23.0. The number of hydrogen-bond acceptors (Lipinski definition) is 4. The molecular formula is C29H33F2N3O4S. The Hall–Kier alpha value is -3.79. The molecule has 0 bridgehead atoms. The van der Waals surface area contributed by atoms with E-state index in [0.29, 0.717) is 6.42 Å². The molecule has 0 aliphatic carbocycles. The maximum Gasteiger partial charge on any atom is 0.242 e. The van der Waals surface area contributed by atoms with Gasteiger partial charge in [0, 0.05) is 39.0 Å². The van der Waals surface area contributed by atoms with Gasteiger partial charge in [0.1, 0.15) is 6.04 Å². The molecule has 208 valence electrons. The molecule has 1 atom stereocenters. The van der Waals surface area contributed by atoms with Crippen LogP contribution in [0.25, 0.3) is 0 Å². The average Bonchev–Trinajstić information content (AvgIpc) is 2.90. The van der Waals surface area contributed by atoms with Gasteiger partial charge in [0.2, 0.25) is 21.8 Å². The zero-order valence-electron chi connectivity index (χ0n) is 22.2. The molecule has 0 aliphatic rings. The lowest BCUT2D eigenvalue weighted by atomic mass is 10.0. The number of sulfonamides is 1. The minimum atomic E-state index is -3.84. The van der Waals surface area contributed by atoms with Crippen LogP contribution in [0, 0.1) is 18.6 Å². The highest BCUT2D eigenvalue weighted by Crippen LogP contribution is 2.22. The van der Waals surface area contributed by atoms with E-state index >= 15 is 0 Å². The van der Waals surface area contributed by atoms with Crippen molar-refractivity contribution in [3.8, 4) is 0 Å². The van der Waals surface area contributed by atoms with Gasteiger partial charge in [-0.05, 0) is 36.6 Å². The number of halogens is 2. The van der Waals surface area contributed by atoms with Gasteiger partial charge in [0.25, 0.3) is 0 Å². The fourth-order valence-corrected chi connectivity index (χ4v) is 5.21. The fraction of sp³-hybridized carbons (Fsp3) is 0.310. The molecule has 0 spiro atoms. The number of hydrogen-bond donors (Lipinski definition) is 1. The largest absolute Gasteiger partial charge is 0.357 e. The van der Waals surface area contributed by atoms with Crippen molar-refractivity contribution in [2.24, 2.45) is 0 Å². The molecule has 10 heteroatoms. The molecule has 3 aromatic rings. The first kappa shape index (κ1) is 29.8. The Labute approximate surface area is 228 Å². The molecule has 0 unspecified atom stereocenters. The highest BCUT2D eigenvalue weighted by atomic mass is 32.2. The number of benzene rings is 3. The van der Waals surface area contributed by atoms with Crippen LogP contribution in [-0.4, -0.2) is 51.0 Å². The van der Waals surface area contributed by atoms with Crippen molar-refractivity contribution in [2.75, 3.05) is 24.2 Å². The Kier molecular flexibility index (Phi) is 10.2. The third-order valence-corrected chi connectivity index (χ3v) is 7.53. The normalized spacial score (nSPS) is 12.0. The van der Waals surface area contributed by atoms with Gasteiger partial charge in [-0.25, -0.2) is 17.2 Å². The smallest absolute Gasteiger partial charge is 0.242 e. The van der Waals surface area contributed by atoms with E-state index in [-0.39, 0.29) is 43.4 Å². The molecule has 0 saturated carbocycles. The van der Waals surface area contributed by atoms with E-state index in [0.717, 1.165) is 39.4 Å². The van der Waals surface area contributed by atoms with Gasteiger partial charge in [0.05, 0.1) is 11.9 Å². The summed E-state index contributed by atoms with van der Waals surface area (Å²) < 4.78 is 53.0. The Morgan fingerprint density at radius 3 is 2.18 bits per heavy atom. The highest BCUT2D eigenvalue weighted by molar-refractivity contribution is 7.92. The van der Waals surface area contributed by atoms with Crippen LogP contribution in [0.5, 0.6) is 0 Å². The third-order valence-electron chi connectivity index (χ3n) is 6.33. The van der Waals surface area contributed by atoms with Crippen molar-refractivity contribution in [2.45, 2.75) is 38.8 Å². The number of carbonyl (C=O) groups excluding carboxylic acids is 2. The summed E-state index contributed by atoms with van der Waals surface area (Å²) in [6.07, 6.45) is 1.29. The summed E-state index contributed by atoms with van der Waals surface area (Å²) in [4.78, 5) is 28.1. The van der Waals surface area contributed by atoms with E-state index in [1.54, 1.807) is 0 Å². The van der Waals surface area contributed by atoms with E-state index in [2.05, 4.69) is 5.32 Å². The first-order chi connectivity index (χ1) is 18.5. The van der Waals surface area contributed by atoms with Crippen molar-refractivity contribution in [3.05, 3.63) is 101 Å². The number of nitrogens with one attached hydrogen (secondary N) is 1. The van der Waals surface area contributed by atoms with Crippen LogP contribution in [-0.2, 0) is 32.6 Å². The molecule has 0 aliphatic heterocycles. The van der Waals surface area contributed by atoms with Crippen molar-refractivity contribution >= 4 is 27.5 Å². The van der Waals surface area contributed by atoms with Gasteiger partial charge in [0.15, 0.2) is 11.6 Å². The predicted octanol–water partition coefficient (Wildman–Crippen LogP) is 4.21. The van der Waals surface area contributed by atoms with Crippen LogP contribution < -0.4 is 9.62 Å². The van der Waals surface area contributed by atoms with Crippen LogP contribution >= 0.6 is 0 Å². The second-order valence-corrected chi connectivity index (χ2v) is 11.3. The lowest BCUT2D eigenvalue weighted by molar-refractivity contribution is -0.141. The summed E-state index contributed by atoms with van der Waals surface area (Å²) >= 11 is 0. The molecule has 2 amide bonds. The van der Waals surface area contributed by atoms with Crippen LogP contribution in [0.1, 0.15) is 29.5 Å². The lowest BCUT2D eigenvalue weighted by Crippen LogP contribution is -2.49. The third kappa shape index (κ3) is 8.35. The van der Waals surface area contributed by atoms with Gasteiger partial charge in [-0.1, -0.05) is 60.2 Å². The fourth-order valence-electron chi connectivity index (χ4n) is 4.25. The topological polar surface area (TPSA) is 86.8 Å². The van der Waals surface area contributed by atoms with Crippen LogP contribution in [0.3, 0.4) is 0 Å². The number of nitrogens with zero attached hydrogens (tertiary/aromatic N) is 2. The SMILES string of the molecule is CNC(=O)[C@H](Cc1ccccc1)N(Cc1ccc(C)cc1)C(=O)CCCN(c1ccc(F)c(F)c1)S(C)(=O)=O. The molecule has 39 heavy (non-hydrogen) atoms. The molecule has 1 N–H and O–H groups in total. The molecule has 0 heterocycles. The molecule has 7 nitrogen and oxygen atoms in total. The van der Waals surface area contributed by atoms with Gasteiger partial charge < -0.3 is 10.2 Å². The number of aryl methyl sites for hydroxylation is 1. The second-order valence-electron chi connectivity index (χ2n) is 9.36. The maximum atomic E-state index is 13.8. The van der Waals surface area contributed by atoms with Crippen LogP contribution in [0.15, 0.2) is 72.8 Å². The molecule has 3 rings (SSSR count). The molecule has 0 saturated heterocycles. The van der Waals surface area contributed by atoms with Crippen molar-refractivity contribution in [1.29, 1.82) is 0 Å². The number of likely N-dealkylation sites (N-methyl/N-ethyl adjacent to an activating group) is 1.